The maximum Gasteiger partial charge on any atom is 0.188 e. The molecule has 1 aromatic carbocycles. The van der Waals surface area contributed by atoms with Crippen molar-refractivity contribution in [3.8, 4) is 0 Å². The van der Waals surface area contributed by atoms with E-state index in [-0.39, 0.29) is 0 Å². The quantitative estimate of drug-likeness (QED) is 0.658. The van der Waals surface area contributed by atoms with Gasteiger partial charge in [0.2, 0.25) is 0 Å². The lowest BCUT2D eigenvalue weighted by Crippen LogP contribution is -1.95. The molecular weight excluding hydrogens is 252 g/mol. The molecule has 0 saturated heterocycles. The summed E-state index contributed by atoms with van der Waals surface area (Å²) in [6.45, 7) is 0. The first-order valence-electron chi connectivity index (χ1n) is 5.21. The Bertz CT molecular complexity index is 690. The Labute approximate surface area is 107 Å². The normalized spacial score (nSPS) is 10.7. The number of benzene rings is 1. The number of hydrogen-bond donors (Lipinski definition) is 3. The summed E-state index contributed by atoms with van der Waals surface area (Å²) >= 11 is 5.83. The molecule has 4 N–H and O–H groups in total. The first kappa shape index (κ1) is 10.8. The van der Waals surface area contributed by atoms with Crippen LogP contribution in [0.4, 0.5) is 17.3 Å². The van der Waals surface area contributed by atoms with Crippen molar-refractivity contribution < 1.29 is 0 Å². The highest BCUT2D eigenvalue weighted by Gasteiger charge is 2.10. The first-order valence-corrected chi connectivity index (χ1v) is 5.59. The van der Waals surface area contributed by atoms with E-state index in [0.29, 0.717) is 27.7 Å². The molecule has 0 unspecified atom stereocenters. The Morgan fingerprint density at radius 1 is 1.17 bits per heavy atom. The Hall–Kier alpha value is -2.34. The zero-order valence-electron chi connectivity index (χ0n) is 9.18. The molecule has 3 aromatic rings. The number of aromatic nitrogens is 4. The zero-order chi connectivity index (χ0) is 12.5. The molecule has 7 heteroatoms. The number of aromatic amines is 1. The molecule has 0 amide bonds. The molecule has 0 saturated carbocycles. The minimum absolute atomic E-state index is 0.380. The van der Waals surface area contributed by atoms with Crippen LogP contribution in [0, 0.1) is 0 Å². The van der Waals surface area contributed by atoms with Gasteiger partial charge in [0.05, 0.1) is 0 Å². The monoisotopic (exact) mass is 260 g/mol. The van der Waals surface area contributed by atoms with Crippen molar-refractivity contribution in [1.82, 2.24) is 20.2 Å². The number of nitrogens with two attached hydrogens (primary N) is 1. The predicted molar refractivity (Wildman–Crippen MR) is 70.8 cm³/mol. The average Bonchev–Trinajstić information content (AvgIpc) is 2.77. The van der Waals surface area contributed by atoms with Gasteiger partial charge in [-0.25, -0.2) is 9.97 Å². The van der Waals surface area contributed by atoms with Crippen LogP contribution in [0.2, 0.25) is 5.02 Å². The fourth-order valence-corrected chi connectivity index (χ4v) is 1.77. The number of nitrogen functional groups attached to an aromatic ring is 1. The summed E-state index contributed by atoms with van der Waals surface area (Å²) in [6, 6.07) is 7.30. The van der Waals surface area contributed by atoms with E-state index in [1.807, 2.05) is 12.1 Å². The fourth-order valence-electron chi connectivity index (χ4n) is 1.65. The summed E-state index contributed by atoms with van der Waals surface area (Å²) in [6.07, 6.45) is 1.38. The number of halogens is 1. The minimum Gasteiger partial charge on any atom is -0.383 e. The van der Waals surface area contributed by atoms with Crippen LogP contribution in [0.25, 0.3) is 11.0 Å². The van der Waals surface area contributed by atoms with E-state index in [1.54, 1.807) is 12.1 Å². The van der Waals surface area contributed by atoms with Gasteiger partial charge in [0.25, 0.3) is 0 Å². The Kier molecular flexibility index (Phi) is 2.49. The van der Waals surface area contributed by atoms with Gasteiger partial charge in [-0.05, 0) is 24.3 Å². The van der Waals surface area contributed by atoms with Gasteiger partial charge in [0.1, 0.15) is 23.3 Å². The molecule has 0 bridgehead atoms. The molecule has 0 aliphatic rings. The van der Waals surface area contributed by atoms with Crippen LogP contribution in [0.3, 0.4) is 0 Å². The molecule has 90 valence electrons. The van der Waals surface area contributed by atoms with Gasteiger partial charge in [-0.15, -0.1) is 0 Å². The van der Waals surface area contributed by atoms with E-state index >= 15 is 0 Å². The van der Waals surface area contributed by atoms with Gasteiger partial charge in [-0.1, -0.05) is 11.6 Å². The highest BCUT2D eigenvalue weighted by atomic mass is 35.5. The number of fused-ring (bicyclic) bond motifs is 1. The van der Waals surface area contributed by atoms with Crippen LogP contribution in [0.5, 0.6) is 0 Å². The second-order valence-electron chi connectivity index (χ2n) is 3.69. The van der Waals surface area contributed by atoms with Crippen LogP contribution in [0.15, 0.2) is 30.6 Å². The fraction of sp³-hybridized carbons (Fsp3) is 0. The minimum atomic E-state index is 0.380. The van der Waals surface area contributed by atoms with E-state index in [1.165, 1.54) is 6.33 Å². The van der Waals surface area contributed by atoms with Crippen LogP contribution in [-0.4, -0.2) is 20.2 Å². The molecule has 6 nitrogen and oxygen atoms in total. The first-order chi connectivity index (χ1) is 8.74. The SMILES string of the molecule is Nc1ncnc2n[nH]c(Nc3ccc(Cl)cc3)c12. The summed E-state index contributed by atoms with van der Waals surface area (Å²) in [7, 11) is 0. The van der Waals surface area contributed by atoms with Crippen LogP contribution in [0.1, 0.15) is 0 Å². The molecule has 0 aliphatic carbocycles. The smallest absolute Gasteiger partial charge is 0.188 e. The summed E-state index contributed by atoms with van der Waals surface area (Å²) < 4.78 is 0. The lowest BCUT2D eigenvalue weighted by molar-refractivity contribution is 1.09. The standard InChI is InChI=1S/C11H9ClN6/c12-6-1-3-7(4-2-6)16-11-8-9(13)14-5-15-10(8)17-18-11/h1-5H,(H4,13,14,15,16,17,18). The topological polar surface area (TPSA) is 92.5 Å². The third-order valence-electron chi connectivity index (χ3n) is 2.49. The summed E-state index contributed by atoms with van der Waals surface area (Å²) in [5.74, 6) is 1.04. The summed E-state index contributed by atoms with van der Waals surface area (Å²) in [5.41, 5.74) is 7.20. The molecule has 3 rings (SSSR count). The highest BCUT2D eigenvalue weighted by molar-refractivity contribution is 6.30. The second kappa shape index (κ2) is 4.15. The van der Waals surface area contributed by atoms with Gasteiger partial charge < -0.3 is 11.1 Å². The third-order valence-corrected chi connectivity index (χ3v) is 2.75. The van der Waals surface area contributed by atoms with Gasteiger partial charge in [0, 0.05) is 10.7 Å². The Morgan fingerprint density at radius 3 is 2.72 bits per heavy atom. The van der Waals surface area contributed by atoms with E-state index in [2.05, 4.69) is 25.5 Å². The van der Waals surface area contributed by atoms with Crippen molar-refractivity contribution in [3.05, 3.63) is 35.6 Å². The summed E-state index contributed by atoms with van der Waals surface area (Å²) in [4.78, 5) is 7.97. The number of rotatable bonds is 2. The Balaban J connectivity index is 2.02. The van der Waals surface area contributed by atoms with E-state index in [0.717, 1.165) is 5.69 Å². The third kappa shape index (κ3) is 1.82. The number of H-pyrrole nitrogens is 1. The highest BCUT2D eigenvalue weighted by Crippen LogP contribution is 2.26. The van der Waals surface area contributed by atoms with Crippen molar-refractivity contribution >= 4 is 40.0 Å². The molecule has 0 atom stereocenters. The largest absolute Gasteiger partial charge is 0.383 e. The van der Waals surface area contributed by atoms with Crippen molar-refractivity contribution in [1.29, 1.82) is 0 Å². The van der Waals surface area contributed by atoms with Crippen molar-refractivity contribution in [2.75, 3.05) is 11.1 Å². The average molecular weight is 261 g/mol. The molecule has 0 fully saturated rings. The lowest BCUT2D eigenvalue weighted by atomic mass is 10.3. The maximum atomic E-state index is 5.83. The number of anilines is 3. The van der Waals surface area contributed by atoms with E-state index < -0.39 is 0 Å². The predicted octanol–water partition coefficient (Wildman–Crippen LogP) is 2.33. The van der Waals surface area contributed by atoms with Gasteiger partial charge in [0.15, 0.2) is 5.65 Å². The molecule has 0 aliphatic heterocycles. The van der Waals surface area contributed by atoms with Gasteiger partial charge in [-0.3, -0.25) is 5.10 Å². The van der Waals surface area contributed by atoms with E-state index in [4.69, 9.17) is 17.3 Å². The maximum absolute atomic E-state index is 5.83. The summed E-state index contributed by atoms with van der Waals surface area (Å²) in [5, 5.41) is 11.4. The van der Waals surface area contributed by atoms with Crippen LogP contribution >= 0.6 is 11.6 Å². The van der Waals surface area contributed by atoms with Crippen molar-refractivity contribution in [2.45, 2.75) is 0 Å². The molecular formula is C11H9ClN6. The van der Waals surface area contributed by atoms with Crippen LogP contribution < -0.4 is 11.1 Å². The lowest BCUT2D eigenvalue weighted by Gasteiger charge is -2.04. The molecule has 2 heterocycles. The second-order valence-corrected chi connectivity index (χ2v) is 4.12. The zero-order valence-corrected chi connectivity index (χ0v) is 9.94. The number of nitrogens with one attached hydrogen (secondary N) is 2. The van der Waals surface area contributed by atoms with Crippen LogP contribution in [-0.2, 0) is 0 Å². The van der Waals surface area contributed by atoms with Crippen molar-refractivity contribution in [3.63, 3.8) is 0 Å². The number of nitrogens with zero attached hydrogens (tertiary/aromatic N) is 3. The molecule has 2 aromatic heterocycles. The van der Waals surface area contributed by atoms with Gasteiger partial charge >= 0.3 is 0 Å². The van der Waals surface area contributed by atoms with Gasteiger partial charge in [-0.2, -0.15) is 5.10 Å². The van der Waals surface area contributed by atoms with Crippen molar-refractivity contribution in [2.24, 2.45) is 0 Å². The Morgan fingerprint density at radius 2 is 1.94 bits per heavy atom. The number of hydrogen-bond acceptors (Lipinski definition) is 5. The molecule has 0 radical (unpaired) electrons. The van der Waals surface area contributed by atoms with E-state index in [9.17, 15) is 0 Å². The molecule has 18 heavy (non-hydrogen) atoms. The molecule has 0 spiro atoms.